The van der Waals surface area contributed by atoms with Crippen molar-refractivity contribution in [3.05, 3.63) is 16.4 Å². The molecule has 1 unspecified atom stereocenters. The Morgan fingerprint density at radius 1 is 1.76 bits per heavy atom. The Kier molecular flexibility index (Phi) is 3.58. The van der Waals surface area contributed by atoms with Crippen molar-refractivity contribution in [3.8, 4) is 0 Å². The average Bonchev–Trinajstić information content (AvgIpc) is 2.89. The van der Waals surface area contributed by atoms with Crippen LogP contribution >= 0.6 is 0 Å². The van der Waals surface area contributed by atoms with E-state index in [0.717, 1.165) is 26.1 Å². The van der Waals surface area contributed by atoms with E-state index in [0.29, 0.717) is 18.3 Å². The van der Waals surface area contributed by atoms with Crippen LogP contribution in [0.15, 0.2) is 6.33 Å². The number of hydrogen-bond donors (Lipinski definition) is 1. The summed E-state index contributed by atoms with van der Waals surface area (Å²) in [4.78, 5) is 14.0. The molecule has 0 radical (unpaired) electrons. The van der Waals surface area contributed by atoms with Gasteiger partial charge in [-0.1, -0.05) is 0 Å². The molecule has 1 aliphatic heterocycles. The average molecular weight is 240 g/mol. The Bertz CT molecular complexity index is 398. The molecule has 1 saturated heterocycles. The standard InChI is InChI=1S/C10H16N4O3/c1-13-7-12-10(14(15)16)9(13)11-4-2-8-3-5-17-6-8/h7-8,11H,2-6H2,1H3. The summed E-state index contributed by atoms with van der Waals surface area (Å²) in [6.07, 6.45) is 3.48. The zero-order valence-corrected chi connectivity index (χ0v) is 9.76. The van der Waals surface area contributed by atoms with Crippen LogP contribution in [0, 0.1) is 16.0 Å². The molecule has 17 heavy (non-hydrogen) atoms. The Balaban J connectivity index is 1.89. The lowest BCUT2D eigenvalue weighted by Crippen LogP contribution is -2.11. The van der Waals surface area contributed by atoms with Crippen molar-refractivity contribution in [2.24, 2.45) is 13.0 Å². The van der Waals surface area contributed by atoms with Crippen LogP contribution in [0.2, 0.25) is 0 Å². The molecule has 1 fully saturated rings. The van der Waals surface area contributed by atoms with Gasteiger partial charge in [0, 0.05) is 26.8 Å². The number of nitro groups is 1. The molecule has 1 aromatic rings. The minimum atomic E-state index is -0.471. The molecule has 0 bridgehead atoms. The molecular formula is C10H16N4O3. The molecule has 0 aromatic carbocycles. The molecule has 7 nitrogen and oxygen atoms in total. The van der Waals surface area contributed by atoms with Crippen LogP contribution < -0.4 is 5.32 Å². The number of nitrogens with one attached hydrogen (secondary N) is 1. The molecule has 0 saturated carbocycles. The smallest absolute Gasteiger partial charge is 0.381 e. The van der Waals surface area contributed by atoms with Crippen molar-refractivity contribution in [1.29, 1.82) is 0 Å². The van der Waals surface area contributed by atoms with E-state index in [2.05, 4.69) is 10.3 Å². The Hall–Kier alpha value is -1.63. The van der Waals surface area contributed by atoms with Gasteiger partial charge in [-0.3, -0.25) is 4.57 Å². The molecule has 0 amide bonds. The van der Waals surface area contributed by atoms with E-state index in [1.54, 1.807) is 11.6 Å². The van der Waals surface area contributed by atoms with E-state index in [4.69, 9.17) is 4.74 Å². The molecule has 1 aromatic heterocycles. The second-order valence-electron chi connectivity index (χ2n) is 4.23. The highest BCUT2D eigenvalue weighted by Crippen LogP contribution is 2.22. The largest absolute Gasteiger partial charge is 0.406 e. The maximum atomic E-state index is 10.7. The van der Waals surface area contributed by atoms with Crippen LogP contribution in [-0.2, 0) is 11.8 Å². The highest BCUT2D eigenvalue weighted by atomic mass is 16.6. The Labute approximate surface area is 98.9 Å². The van der Waals surface area contributed by atoms with Gasteiger partial charge in [0.15, 0.2) is 0 Å². The Morgan fingerprint density at radius 2 is 2.59 bits per heavy atom. The van der Waals surface area contributed by atoms with Crippen molar-refractivity contribution >= 4 is 11.6 Å². The second kappa shape index (κ2) is 5.13. The lowest BCUT2D eigenvalue weighted by molar-refractivity contribution is -0.388. The minimum absolute atomic E-state index is 0.116. The van der Waals surface area contributed by atoms with Gasteiger partial charge in [0.25, 0.3) is 0 Å². The van der Waals surface area contributed by atoms with Crippen LogP contribution in [-0.4, -0.2) is 34.2 Å². The number of hydrogen-bond acceptors (Lipinski definition) is 5. The monoisotopic (exact) mass is 240 g/mol. The fraction of sp³-hybridized carbons (Fsp3) is 0.700. The van der Waals surface area contributed by atoms with Gasteiger partial charge in [-0.15, -0.1) is 0 Å². The zero-order valence-electron chi connectivity index (χ0n) is 9.76. The maximum absolute atomic E-state index is 10.7. The number of anilines is 1. The number of imidazole rings is 1. The maximum Gasteiger partial charge on any atom is 0.406 e. The van der Waals surface area contributed by atoms with Crippen molar-refractivity contribution < 1.29 is 9.66 Å². The molecule has 1 atom stereocenters. The van der Waals surface area contributed by atoms with Crippen molar-refractivity contribution in [2.75, 3.05) is 25.1 Å². The van der Waals surface area contributed by atoms with Gasteiger partial charge in [0.1, 0.15) is 0 Å². The van der Waals surface area contributed by atoms with E-state index in [9.17, 15) is 10.1 Å². The minimum Gasteiger partial charge on any atom is -0.381 e. The number of nitrogens with zero attached hydrogens (tertiary/aromatic N) is 3. The highest BCUT2D eigenvalue weighted by molar-refractivity contribution is 5.51. The molecular weight excluding hydrogens is 224 g/mol. The van der Waals surface area contributed by atoms with E-state index in [-0.39, 0.29) is 5.82 Å². The van der Waals surface area contributed by atoms with Crippen molar-refractivity contribution in [3.63, 3.8) is 0 Å². The molecule has 2 rings (SSSR count). The first-order valence-electron chi connectivity index (χ1n) is 5.66. The van der Waals surface area contributed by atoms with Crippen LogP contribution in [0.25, 0.3) is 0 Å². The lowest BCUT2D eigenvalue weighted by atomic mass is 10.1. The lowest BCUT2D eigenvalue weighted by Gasteiger charge is -2.09. The van der Waals surface area contributed by atoms with Gasteiger partial charge >= 0.3 is 5.82 Å². The van der Waals surface area contributed by atoms with Gasteiger partial charge in [-0.2, -0.15) is 0 Å². The SMILES string of the molecule is Cn1cnc([N+](=O)[O-])c1NCCC1CCOC1. The molecule has 1 N–H and O–H groups in total. The normalized spacial score (nSPS) is 19.5. The summed E-state index contributed by atoms with van der Waals surface area (Å²) in [5.74, 6) is 0.916. The summed E-state index contributed by atoms with van der Waals surface area (Å²) >= 11 is 0. The molecule has 0 spiro atoms. The number of rotatable bonds is 5. The number of aryl methyl sites for hydroxylation is 1. The van der Waals surface area contributed by atoms with E-state index >= 15 is 0 Å². The van der Waals surface area contributed by atoms with Crippen molar-refractivity contribution in [1.82, 2.24) is 9.55 Å². The molecule has 1 aliphatic rings. The first kappa shape index (κ1) is 11.8. The summed E-state index contributed by atoms with van der Waals surface area (Å²) in [7, 11) is 1.74. The molecule has 7 heteroatoms. The predicted molar refractivity (Wildman–Crippen MR) is 61.9 cm³/mol. The van der Waals surface area contributed by atoms with Gasteiger partial charge in [0.2, 0.25) is 12.1 Å². The number of ether oxygens (including phenoxy) is 1. The number of aromatic nitrogens is 2. The zero-order chi connectivity index (χ0) is 12.3. The Morgan fingerprint density at radius 3 is 3.24 bits per heavy atom. The third-order valence-electron chi connectivity index (χ3n) is 2.96. The first-order valence-corrected chi connectivity index (χ1v) is 5.66. The van der Waals surface area contributed by atoms with Gasteiger partial charge < -0.3 is 20.2 Å². The first-order chi connectivity index (χ1) is 8.18. The van der Waals surface area contributed by atoms with Gasteiger partial charge in [-0.05, 0) is 28.7 Å². The summed E-state index contributed by atoms with van der Waals surface area (Å²) in [6.45, 7) is 2.33. The summed E-state index contributed by atoms with van der Waals surface area (Å²) in [5, 5.41) is 13.8. The van der Waals surface area contributed by atoms with Crippen molar-refractivity contribution in [2.45, 2.75) is 12.8 Å². The predicted octanol–water partition coefficient (Wildman–Crippen LogP) is 1.17. The summed E-state index contributed by atoms with van der Waals surface area (Å²) < 4.78 is 6.91. The molecule has 0 aliphatic carbocycles. The van der Waals surface area contributed by atoms with E-state index in [1.165, 1.54) is 6.33 Å². The van der Waals surface area contributed by atoms with Crippen LogP contribution in [0.4, 0.5) is 11.6 Å². The van der Waals surface area contributed by atoms with E-state index < -0.39 is 4.92 Å². The molecule has 94 valence electrons. The van der Waals surface area contributed by atoms with Crippen LogP contribution in [0.3, 0.4) is 0 Å². The quantitative estimate of drug-likeness (QED) is 0.617. The summed E-state index contributed by atoms with van der Waals surface area (Å²) in [5.41, 5.74) is 0. The summed E-state index contributed by atoms with van der Waals surface area (Å²) in [6, 6.07) is 0. The highest BCUT2D eigenvalue weighted by Gasteiger charge is 2.20. The van der Waals surface area contributed by atoms with Gasteiger partial charge in [-0.25, -0.2) is 0 Å². The third-order valence-corrected chi connectivity index (χ3v) is 2.96. The fourth-order valence-corrected chi connectivity index (χ4v) is 1.96. The van der Waals surface area contributed by atoms with Crippen LogP contribution in [0.5, 0.6) is 0 Å². The topological polar surface area (TPSA) is 82.2 Å². The van der Waals surface area contributed by atoms with E-state index in [1.807, 2.05) is 0 Å². The fourth-order valence-electron chi connectivity index (χ4n) is 1.96. The second-order valence-corrected chi connectivity index (χ2v) is 4.23. The third kappa shape index (κ3) is 2.73. The van der Waals surface area contributed by atoms with Crippen LogP contribution in [0.1, 0.15) is 12.8 Å². The van der Waals surface area contributed by atoms with Gasteiger partial charge in [0.05, 0.1) is 0 Å². The molecule has 2 heterocycles.